The lowest BCUT2D eigenvalue weighted by atomic mass is 10.2. The molecule has 108 valence electrons. The number of aromatic nitrogens is 2. The fourth-order valence-electron chi connectivity index (χ4n) is 1.85. The van der Waals surface area contributed by atoms with Gasteiger partial charge in [0.05, 0.1) is 12.0 Å². The quantitative estimate of drug-likeness (QED) is 0.869. The summed E-state index contributed by atoms with van der Waals surface area (Å²) in [6, 6.07) is -1.27. The summed E-state index contributed by atoms with van der Waals surface area (Å²) >= 11 is 5.73. The molecule has 0 radical (unpaired) electrons. The highest BCUT2D eigenvalue weighted by Crippen LogP contribution is 2.26. The van der Waals surface area contributed by atoms with Crippen LogP contribution in [0.25, 0.3) is 0 Å². The van der Waals surface area contributed by atoms with Crippen LogP contribution in [0.2, 0.25) is 5.15 Å². The first kappa shape index (κ1) is 15.8. The van der Waals surface area contributed by atoms with Crippen molar-refractivity contribution >= 4 is 11.6 Å². The van der Waals surface area contributed by atoms with Gasteiger partial charge in [0.25, 0.3) is 5.56 Å². The number of hydrogen-bond donors (Lipinski definition) is 1. The first-order chi connectivity index (χ1) is 8.67. The average Bonchev–Trinajstić information content (AvgIpc) is 2.21. The second-order valence-electron chi connectivity index (χ2n) is 4.32. The van der Waals surface area contributed by atoms with Crippen molar-refractivity contribution in [2.75, 3.05) is 0 Å². The zero-order valence-corrected chi connectivity index (χ0v) is 11.2. The third-order valence-electron chi connectivity index (χ3n) is 2.65. The van der Waals surface area contributed by atoms with E-state index in [0.29, 0.717) is 17.4 Å². The van der Waals surface area contributed by atoms with E-state index in [2.05, 4.69) is 4.98 Å². The summed E-state index contributed by atoms with van der Waals surface area (Å²) in [6.07, 6.45) is -4.80. The highest BCUT2D eigenvalue weighted by Gasteiger charge is 2.32. The highest BCUT2D eigenvalue weighted by molar-refractivity contribution is 6.30. The van der Waals surface area contributed by atoms with Crippen LogP contribution in [0.3, 0.4) is 0 Å². The van der Waals surface area contributed by atoms with Gasteiger partial charge in [-0.05, 0) is 13.3 Å². The molecule has 1 N–H and O–H groups in total. The molecular weight excluding hydrogens is 285 g/mol. The van der Waals surface area contributed by atoms with E-state index in [9.17, 15) is 22.8 Å². The number of rotatable bonds is 4. The van der Waals surface area contributed by atoms with Crippen LogP contribution in [-0.4, -0.2) is 15.7 Å². The molecule has 1 unspecified atom stereocenters. The van der Waals surface area contributed by atoms with E-state index >= 15 is 0 Å². The maximum absolute atomic E-state index is 12.3. The second-order valence-corrected chi connectivity index (χ2v) is 4.69. The molecule has 0 amide bonds. The largest absolute Gasteiger partial charge is 0.391 e. The molecule has 1 aromatic rings. The summed E-state index contributed by atoms with van der Waals surface area (Å²) in [7, 11) is 0. The third-order valence-corrected chi connectivity index (χ3v) is 2.97. The van der Waals surface area contributed by atoms with Gasteiger partial charge in [-0.25, -0.2) is 4.79 Å². The van der Waals surface area contributed by atoms with Crippen molar-refractivity contribution in [3.8, 4) is 0 Å². The molecule has 1 aromatic heterocycles. The molecule has 4 nitrogen and oxygen atoms in total. The number of nitrogens with one attached hydrogen (secondary N) is 1. The molecule has 0 aliphatic rings. The maximum atomic E-state index is 12.3. The van der Waals surface area contributed by atoms with Gasteiger partial charge in [-0.15, -0.1) is 0 Å². The van der Waals surface area contributed by atoms with E-state index in [-0.39, 0.29) is 10.7 Å². The molecule has 0 spiro atoms. The Morgan fingerprint density at radius 3 is 2.42 bits per heavy atom. The monoisotopic (exact) mass is 298 g/mol. The summed E-state index contributed by atoms with van der Waals surface area (Å²) in [5.41, 5.74) is -1.54. The maximum Gasteiger partial charge on any atom is 0.391 e. The van der Waals surface area contributed by atoms with Crippen LogP contribution in [0.1, 0.15) is 38.3 Å². The van der Waals surface area contributed by atoms with Gasteiger partial charge >= 0.3 is 11.9 Å². The molecule has 0 fully saturated rings. The molecule has 0 aliphatic heterocycles. The molecule has 1 heterocycles. The van der Waals surface area contributed by atoms with E-state index in [4.69, 9.17) is 11.6 Å². The lowest BCUT2D eigenvalue weighted by molar-refractivity contribution is -0.142. The van der Waals surface area contributed by atoms with Crippen LogP contribution in [0, 0.1) is 0 Å². The molecule has 19 heavy (non-hydrogen) atoms. The van der Waals surface area contributed by atoms with E-state index in [1.165, 1.54) is 6.92 Å². The number of alkyl halides is 3. The van der Waals surface area contributed by atoms with Crippen LogP contribution < -0.4 is 11.2 Å². The van der Waals surface area contributed by atoms with Crippen molar-refractivity contribution in [3.63, 3.8) is 0 Å². The molecule has 1 rings (SSSR count). The lowest BCUT2D eigenvalue weighted by Crippen LogP contribution is -2.40. The van der Waals surface area contributed by atoms with Gasteiger partial charge in [0.2, 0.25) is 0 Å². The Hall–Kier alpha value is -1.24. The number of hydrogen-bond acceptors (Lipinski definition) is 2. The fourth-order valence-corrected chi connectivity index (χ4v) is 2.11. The third kappa shape index (κ3) is 3.86. The number of halogens is 4. The topological polar surface area (TPSA) is 54.9 Å². The Morgan fingerprint density at radius 1 is 1.37 bits per heavy atom. The molecule has 0 aliphatic carbocycles. The van der Waals surface area contributed by atoms with Gasteiger partial charge in [-0.3, -0.25) is 14.3 Å². The van der Waals surface area contributed by atoms with Crippen molar-refractivity contribution in [1.82, 2.24) is 9.55 Å². The van der Waals surface area contributed by atoms with Gasteiger partial charge in [-0.1, -0.05) is 24.9 Å². The van der Waals surface area contributed by atoms with Crippen LogP contribution in [-0.2, 0) is 6.42 Å². The van der Waals surface area contributed by atoms with E-state index in [1.54, 1.807) is 6.92 Å². The summed E-state index contributed by atoms with van der Waals surface area (Å²) in [6.45, 7) is 2.97. The summed E-state index contributed by atoms with van der Waals surface area (Å²) in [4.78, 5) is 25.8. The Bertz CT molecular complexity index is 563. The zero-order valence-electron chi connectivity index (χ0n) is 10.5. The van der Waals surface area contributed by atoms with Crippen molar-refractivity contribution in [1.29, 1.82) is 0 Å². The number of nitrogens with zero attached hydrogens (tertiary/aromatic N) is 1. The predicted molar refractivity (Wildman–Crippen MR) is 65.7 cm³/mol. The number of aromatic amines is 1. The van der Waals surface area contributed by atoms with Crippen molar-refractivity contribution in [2.24, 2.45) is 0 Å². The minimum atomic E-state index is -4.45. The summed E-state index contributed by atoms with van der Waals surface area (Å²) in [5, 5.41) is -0.104. The normalized spacial score (nSPS) is 13.6. The van der Waals surface area contributed by atoms with Crippen molar-refractivity contribution in [3.05, 3.63) is 31.6 Å². The Balaban J connectivity index is 3.32. The Labute approximate surface area is 112 Å². The molecule has 0 saturated carbocycles. The standard InChI is InChI=1S/C11H14ClF3N2O2/c1-3-4-7-8(12)16-10(19)17(9(7)18)6(2)5-11(13,14)15/h6H,3-5H2,1-2H3,(H,16,19). The van der Waals surface area contributed by atoms with Gasteiger partial charge < -0.3 is 0 Å². The molecular formula is C11H14ClF3N2O2. The number of H-pyrrole nitrogens is 1. The van der Waals surface area contributed by atoms with Crippen LogP contribution in [0.15, 0.2) is 9.59 Å². The second kappa shape index (κ2) is 5.81. The zero-order chi connectivity index (χ0) is 14.8. The van der Waals surface area contributed by atoms with Gasteiger partial charge in [0.15, 0.2) is 0 Å². The van der Waals surface area contributed by atoms with Crippen LogP contribution in [0.5, 0.6) is 0 Å². The minimum Gasteiger partial charge on any atom is -0.297 e. The van der Waals surface area contributed by atoms with Crippen LogP contribution in [0.4, 0.5) is 13.2 Å². The molecule has 1 atom stereocenters. The fraction of sp³-hybridized carbons (Fsp3) is 0.636. The lowest BCUT2D eigenvalue weighted by Gasteiger charge is -2.17. The van der Waals surface area contributed by atoms with Gasteiger partial charge in [0, 0.05) is 6.04 Å². The van der Waals surface area contributed by atoms with Gasteiger partial charge in [0.1, 0.15) is 5.15 Å². The summed E-state index contributed by atoms with van der Waals surface area (Å²) in [5.74, 6) is 0. The smallest absolute Gasteiger partial charge is 0.297 e. The SMILES string of the molecule is CCCc1c(Cl)[nH]c(=O)n(C(C)CC(F)(F)F)c1=O. The highest BCUT2D eigenvalue weighted by atomic mass is 35.5. The molecule has 0 bridgehead atoms. The van der Waals surface area contributed by atoms with E-state index in [1.807, 2.05) is 0 Å². The van der Waals surface area contributed by atoms with E-state index < -0.39 is 29.9 Å². The molecule has 0 aromatic carbocycles. The van der Waals surface area contributed by atoms with E-state index in [0.717, 1.165) is 0 Å². The predicted octanol–water partition coefficient (Wildman–Crippen LogP) is 2.66. The van der Waals surface area contributed by atoms with Crippen molar-refractivity contribution in [2.45, 2.75) is 45.3 Å². The molecule has 0 saturated heterocycles. The molecule has 8 heteroatoms. The Kier molecular flexibility index (Phi) is 4.84. The Morgan fingerprint density at radius 2 is 1.95 bits per heavy atom. The first-order valence-electron chi connectivity index (χ1n) is 5.77. The van der Waals surface area contributed by atoms with Crippen molar-refractivity contribution < 1.29 is 13.2 Å². The van der Waals surface area contributed by atoms with Gasteiger partial charge in [-0.2, -0.15) is 13.2 Å². The van der Waals surface area contributed by atoms with Crippen LogP contribution >= 0.6 is 11.6 Å². The minimum absolute atomic E-state index is 0.104. The first-order valence-corrected chi connectivity index (χ1v) is 6.15. The average molecular weight is 299 g/mol. The summed E-state index contributed by atoms with van der Waals surface area (Å²) < 4.78 is 37.6.